The fraction of sp³-hybridized carbons (Fsp3) is 0.136. The van der Waals surface area contributed by atoms with E-state index in [4.69, 9.17) is 0 Å². The molecule has 29 heavy (non-hydrogen) atoms. The van der Waals surface area contributed by atoms with E-state index in [-0.39, 0.29) is 5.91 Å². The van der Waals surface area contributed by atoms with Crippen LogP contribution in [0.15, 0.2) is 60.2 Å². The van der Waals surface area contributed by atoms with Crippen LogP contribution < -0.4 is 5.32 Å². The first-order valence-electron chi connectivity index (χ1n) is 9.39. The summed E-state index contributed by atoms with van der Waals surface area (Å²) in [6.07, 6.45) is 3.99. The van der Waals surface area contributed by atoms with Crippen LogP contribution >= 0.6 is 0 Å². The minimum Gasteiger partial charge on any atom is -0.346 e. The van der Waals surface area contributed by atoms with Crippen molar-refractivity contribution in [2.75, 3.05) is 5.32 Å². The number of aromatic nitrogens is 3. The van der Waals surface area contributed by atoms with E-state index in [9.17, 15) is 9.70 Å². The molecule has 0 spiro atoms. The van der Waals surface area contributed by atoms with E-state index in [0.717, 1.165) is 33.3 Å². The predicted molar refractivity (Wildman–Crippen MR) is 111 cm³/mol. The Hall–Kier alpha value is -3.87. The number of carbonyl (C=O) groups excluding carboxylic acids is 1. The van der Waals surface area contributed by atoms with Crippen molar-refractivity contribution in [2.45, 2.75) is 19.3 Å². The number of amides is 1. The second-order valence-electron chi connectivity index (χ2n) is 6.99. The Bertz CT molecular complexity index is 1280. The van der Waals surface area contributed by atoms with Gasteiger partial charge in [-0.3, -0.25) is 4.79 Å². The molecule has 1 aliphatic rings. The highest BCUT2D eigenvalue weighted by molar-refractivity contribution is 6.09. The molecule has 142 valence electrons. The number of aryl methyl sites for hydroxylation is 1. The van der Waals surface area contributed by atoms with E-state index in [0.29, 0.717) is 23.4 Å². The molecule has 1 aliphatic heterocycles. The number of aromatic amines is 1. The van der Waals surface area contributed by atoms with Crippen LogP contribution in [0.1, 0.15) is 29.5 Å². The Balaban J connectivity index is 1.81. The molecule has 0 aliphatic carbocycles. The lowest BCUT2D eigenvalue weighted by Gasteiger charge is -2.22. The molecule has 0 saturated carbocycles. The molecule has 1 atom stereocenters. The predicted octanol–water partition coefficient (Wildman–Crippen LogP) is 4.67. The van der Waals surface area contributed by atoms with Gasteiger partial charge in [-0.25, -0.2) is 9.97 Å². The van der Waals surface area contributed by atoms with Gasteiger partial charge in [0, 0.05) is 17.1 Å². The van der Waals surface area contributed by atoms with E-state index >= 15 is 0 Å². The second-order valence-corrected chi connectivity index (χ2v) is 6.99. The Morgan fingerprint density at radius 3 is 2.83 bits per heavy atom. The molecular weight excluding hydrogens is 366 g/mol. The smallest absolute Gasteiger partial charge is 0.236 e. The lowest BCUT2D eigenvalue weighted by molar-refractivity contribution is -0.116. The normalized spacial score (nSPS) is 15.3. The zero-order valence-corrected chi connectivity index (χ0v) is 15.6. The van der Waals surface area contributed by atoms with Crippen molar-refractivity contribution in [1.82, 2.24) is 15.0 Å². The minimum atomic E-state index is -0.576. The maximum Gasteiger partial charge on any atom is 0.236 e. The zero-order chi connectivity index (χ0) is 20.0. The van der Waals surface area contributed by atoms with E-state index in [1.165, 1.54) is 6.33 Å². The summed E-state index contributed by atoms with van der Waals surface area (Å²) in [5.41, 5.74) is 5.81. The molecule has 7 nitrogen and oxygen atoms in total. The van der Waals surface area contributed by atoms with Crippen molar-refractivity contribution in [3.05, 3.63) is 76.6 Å². The maximum atomic E-state index is 13.4. The van der Waals surface area contributed by atoms with Gasteiger partial charge in [0.25, 0.3) is 0 Å². The number of nitroso groups, excluding NO2 is 1. The van der Waals surface area contributed by atoms with Crippen LogP contribution in [0.25, 0.3) is 22.3 Å². The van der Waals surface area contributed by atoms with Crippen LogP contribution in [0, 0.1) is 4.91 Å². The molecule has 0 fully saturated rings. The van der Waals surface area contributed by atoms with Crippen LogP contribution in [0.4, 0.5) is 11.4 Å². The summed E-state index contributed by atoms with van der Waals surface area (Å²) in [6, 6.07) is 13.0. The molecule has 0 radical (unpaired) electrons. The summed E-state index contributed by atoms with van der Waals surface area (Å²) in [6.45, 7) is 1.96. The second kappa shape index (κ2) is 6.63. The van der Waals surface area contributed by atoms with Gasteiger partial charge in [0.2, 0.25) is 5.91 Å². The van der Waals surface area contributed by atoms with Crippen molar-refractivity contribution in [3.8, 4) is 11.3 Å². The molecule has 0 bridgehead atoms. The molecule has 4 aromatic rings. The highest BCUT2D eigenvalue weighted by Gasteiger charge is 2.31. The topological polar surface area (TPSA) is 100 Å². The number of rotatable bonds is 3. The third-order valence-corrected chi connectivity index (χ3v) is 5.43. The average molecular weight is 383 g/mol. The molecule has 3 heterocycles. The summed E-state index contributed by atoms with van der Waals surface area (Å²) in [5, 5.41) is 6.98. The highest BCUT2D eigenvalue weighted by Crippen LogP contribution is 2.41. The van der Waals surface area contributed by atoms with Crippen LogP contribution in [-0.2, 0) is 11.2 Å². The average Bonchev–Trinajstić information content (AvgIpc) is 3.17. The Kier molecular flexibility index (Phi) is 3.94. The first kappa shape index (κ1) is 17.2. The summed E-state index contributed by atoms with van der Waals surface area (Å²) in [4.78, 5) is 36.5. The quantitative estimate of drug-likeness (QED) is 0.502. The Morgan fingerprint density at radius 1 is 1.14 bits per heavy atom. The number of hydrogen-bond donors (Lipinski definition) is 2. The molecule has 2 aromatic heterocycles. The summed E-state index contributed by atoms with van der Waals surface area (Å²) >= 11 is 0. The van der Waals surface area contributed by atoms with Gasteiger partial charge in [-0.05, 0) is 40.4 Å². The lowest BCUT2D eigenvalue weighted by Crippen LogP contribution is -2.24. The van der Waals surface area contributed by atoms with Gasteiger partial charge in [0.1, 0.15) is 17.7 Å². The fourth-order valence-corrected chi connectivity index (χ4v) is 4.05. The number of nitrogens with zero attached hydrogens (tertiary/aromatic N) is 3. The van der Waals surface area contributed by atoms with Crippen LogP contribution in [0.5, 0.6) is 0 Å². The van der Waals surface area contributed by atoms with E-state index < -0.39 is 5.92 Å². The van der Waals surface area contributed by atoms with Crippen molar-refractivity contribution in [1.29, 1.82) is 0 Å². The van der Waals surface area contributed by atoms with E-state index in [1.807, 2.05) is 43.5 Å². The monoisotopic (exact) mass is 383 g/mol. The highest BCUT2D eigenvalue weighted by atomic mass is 16.3. The number of H-pyrrole nitrogens is 1. The number of hydrogen-bond acceptors (Lipinski definition) is 5. The number of nitrogens with one attached hydrogen (secondary N) is 2. The molecule has 7 heteroatoms. The molecule has 5 rings (SSSR count). The van der Waals surface area contributed by atoms with E-state index in [2.05, 4.69) is 25.4 Å². The fourth-order valence-electron chi connectivity index (χ4n) is 4.05. The maximum absolute atomic E-state index is 13.4. The van der Waals surface area contributed by atoms with Crippen molar-refractivity contribution >= 4 is 28.3 Å². The number of para-hydroxylation sites is 1. The molecule has 1 amide bonds. The van der Waals surface area contributed by atoms with Gasteiger partial charge in [-0.2, -0.15) is 0 Å². The Morgan fingerprint density at radius 2 is 2.00 bits per heavy atom. The summed E-state index contributed by atoms with van der Waals surface area (Å²) < 4.78 is 0. The standard InChI is InChI=1S/C22H17N5O2/c1-2-12-9-13(7-8-16(12)27-29)18-15-10-23-21-19(15)20(24-11-25-21)14-5-3-4-6-17(14)26-22(18)28/h3-11,18H,2H2,1H3,(H,26,28)(H,23,24,25). The van der Waals surface area contributed by atoms with Gasteiger partial charge >= 0.3 is 0 Å². The van der Waals surface area contributed by atoms with Crippen molar-refractivity contribution < 1.29 is 4.79 Å². The largest absolute Gasteiger partial charge is 0.346 e. The first-order valence-corrected chi connectivity index (χ1v) is 9.39. The molecular formula is C22H17N5O2. The van der Waals surface area contributed by atoms with Gasteiger partial charge in [0.15, 0.2) is 0 Å². The van der Waals surface area contributed by atoms with Gasteiger partial charge in [0.05, 0.1) is 17.3 Å². The third-order valence-electron chi connectivity index (χ3n) is 5.43. The Labute approximate surface area is 166 Å². The lowest BCUT2D eigenvalue weighted by atomic mass is 9.86. The molecule has 2 aromatic carbocycles. The SMILES string of the molecule is CCc1cc(C2C(=O)Nc3ccccc3-c3ncnc4[nH]cc2c34)ccc1N=O. The summed E-state index contributed by atoms with van der Waals surface area (Å²) in [7, 11) is 0. The van der Waals surface area contributed by atoms with Crippen molar-refractivity contribution in [3.63, 3.8) is 0 Å². The van der Waals surface area contributed by atoms with Crippen LogP contribution in [-0.4, -0.2) is 20.9 Å². The molecule has 2 N–H and O–H groups in total. The minimum absolute atomic E-state index is 0.151. The van der Waals surface area contributed by atoms with Gasteiger partial charge in [-0.15, -0.1) is 4.91 Å². The molecule has 1 unspecified atom stereocenters. The number of anilines is 1. The zero-order valence-electron chi connectivity index (χ0n) is 15.6. The number of benzene rings is 2. The molecule has 0 saturated heterocycles. The summed E-state index contributed by atoms with van der Waals surface area (Å²) in [5.74, 6) is -0.727. The van der Waals surface area contributed by atoms with E-state index in [1.54, 1.807) is 12.1 Å². The van der Waals surface area contributed by atoms with Gasteiger partial charge < -0.3 is 10.3 Å². The van der Waals surface area contributed by atoms with Crippen LogP contribution in [0.3, 0.4) is 0 Å². The number of carbonyl (C=O) groups is 1. The first-order chi connectivity index (χ1) is 14.2. The van der Waals surface area contributed by atoms with Gasteiger partial charge in [-0.1, -0.05) is 37.3 Å². The number of fused-ring (bicyclic) bond motifs is 2. The third kappa shape index (κ3) is 2.62. The van der Waals surface area contributed by atoms with Crippen LogP contribution in [0.2, 0.25) is 0 Å². The van der Waals surface area contributed by atoms with Crippen molar-refractivity contribution in [2.24, 2.45) is 5.18 Å².